The number of aliphatic hydroxyl groups is 1. The molecule has 0 bridgehead atoms. The average Bonchev–Trinajstić information content (AvgIpc) is 2.63. The highest BCUT2D eigenvalue weighted by Gasteiger charge is 2.36. The van der Waals surface area contributed by atoms with Crippen molar-refractivity contribution in [3.05, 3.63) is 53.7 Å². The van der Waals surface area contributed by atoms with E-state index in [0.717, 1.165) is 5.56 Å². The van der Waals surface area contributed by atoms with E-state index in [1.807, 2.05) is 6.07 Å². The lowest BCUT2D eigenvalue weighted by Gasteiger charge is -2.38. The maximum absolute atomic E-state index is 12.6. The minimum absolute atomic E-state index is 0.0583. The number of hydrogen-bond acceptors (Lipinski definition) is 6. The van der Waals surface area contributed by atoms with Crippen LogP contribution < -0.4 is 15.2 Å². The van der Waals surface area contributed by atoms with Gasteiger partial charge in [0, 0.05) is 17.8 Å². The predicted octanol–water partition coefficient (Wildman–Crippen LogP) is 0.980. The second-order valence-corrected chi connectivity index (χ2v) is 8.10. The fourth-order valence-corrected chi connectivity index (χ4v) is 3.61. The second kappa shape index (κ2) is 7.63. The van der Waals surface area contributed by atoms with Crippen molar-refractivity contribution in [2.75, 3.05) is 7.11 Å². The number of aromatic nitrogens is 1. The number of benzene rings is 1. The summed E-state index contributed by atoms with van der Waals surface area (Å²) >= 11 is 0. The summed E-state index contributed by atoms with van der Waals surface area (Å²) in [6, 6.07) is 8.62. The first-order valence-corrected chi connectivity index (χ1v) is 9.94. The van der Waals surface area contributed by atoms with Crippen LogP contribution in [-0.2, 0) is 10.0 Å². The maximum Gasteiger partial charge on any atom is 0.251 e. The van der Waals surface area contributed by atoms with Crippen molar-refractivity contribution in [2.24, 2.45) is 11.1 Å². The van der Waals surface area contributed by atoms with Crippen LogP contribution in [0.5, 0.6) is 5.88 Å². The zero-order valence-electron chi connectivity index (χ0n) is 14.7. The summed E-state index contributed by atoms with van der Waals surface area (Å²) in [5, 5.41) is 17.7. The molecule has 1 aliphatic carbocycles. The Morgan fingerprint density at radius 1 is 1.26 bits per heavy atom. The molecule has 2 aromatic rings. The van der Waals surface area contributed by atoms with Gasteiger partial charge in [0.2, 0.25) is 15.9 Å². The Balaban J connectivity index is 1.79. The van der Waals surface area contributed by atoms with Gasteiger partial charge in [0.05, 0.1) is 24.2 Å². The Labute approximate surface area is 157 Å². The Morgan fingerprint density at radius 2 is 1.93 bits per heavy atom. The lowest BCUT2D eigenvalue weighted by molar-refractivity contribution is 0.0234. The molecule has 4 N–H and O–H groups in total. The monoisotopic (exact) mass is 391 g/mol. The molecule has 1 atom stereocenters. The third-order valence-corrected chi connectivity index (χ3v) is 5.61. The van der Waals surface area contributed by atoms with Crippen molar-refractivity contribution >= 4 is 15.9 Å². The van der Waals surface area contributed by atoms with E-state index in [9.17, 15) is 18.3 Å². The molecule has 1 saturated carbocycles. The molecule has 1 aliphatic rings. The van der Waals surface area contributed by atoms with Gasteiger partial charge in [-0.3, -0.25) is 4.79 Å². The highest BCUT2D eigenvalue weighted by molar-refractivity contribution is 7.89. The number of nitrogens with one attached hydrogen (secondary N) is 1. The molecule has 0 aliphatic heterocycles. The van der Waals surface area contributed by atoms with Gasteiger partial charge in [0.15, 0.2) is 0 Å². The van der Waals surface area contributed by atoms with Gasteiger partial charge in [-0.2, -0.15) is 0 Å². The minimum Gasteiger partial charge on any atom is -0.481 e. The van der Waals surface area contributed by atoms with Crippen LogP contribution in [0.4, 0.5) is 0 Å². The van der Waals surface area contributed by atoms with Gasteiger partial charge in [0.25, 0.3) is 5.91 Å². The topological polar surface area (TPSA) is 132 Å². The maximum atomic E-state index is 12.6. The van der Waals surface area contributed by atoms with Crippen molar-refractivity contribution in [2.45, 2.75) is 29.9 Å². The number of sulfonamides is 1. The van der Waals surface area contributed by atoms with E-state index in [1.165, 1.54) is 31.4 Å². The third kappa shape index (κ3) is 4.44. The first kappa shape index (κ1) is 19.3. The zero-order chi connectivity index (χ0) is 19.6. The fraction of sp³-hybridized carbons (Fsp3) is 0.333. The van der Waals surface area contributed by atoms with Crippen LogP contribution in [0.3, 0.4) is 0 Å². The molecule has 0 saturated heterocycles. The van der Waals surface area contributed by atoms with Crippen LogP contribution in [0.15, 0.2) is 47.5 Å². The number of aliphatic hydroxyl groups excluding tert-OH is 1. The molecule has 1 unspecified atom stereocenters. The van der Waals surface area contributed by atoms with Gasteiger partial charge in [-0.15, -0.1) is 0 Å². The molecular weight excluding hydrogens is 370 g/mol. The predicted molar refractivity (Wildman–Crippen MR) is 97.5 cm³/mol. The lowest BCUT2D eigenvalue weighted by Crippen LogP contribution is -2.41. The first-order valence-electron chi connectivity index (χ1n) is 8.39. The summed E-state index contributed by atoms with van der Waals surface area (Å²) in [6.07, 6.45) is 2.44. The average molecular weight is 391 g/mol. The van der Waals surface area contributed by atoms with E-state index >= 15 is 0 Å². The molecule has 0 spiro atoms. The molecule has 1 fully saturated rings. The summed E-state index contributed by atoms with van der Waals surface area (Å²) in [6.45, 7) is 0. The number of nitrogens with two attached hydrogens (primary N) is 1. The highest BCUT2D eigenvalue weighted by Crippen LogP contribution is 2.38. The Kier molecular flexibility index (Phi) is 5.45. The first-order chi connectivity index (χ1) is 12.8. The summed E-state index contributed by atoms with van der Waals surface area (Å²) in [7, 11) is -2.29. The van der Waals surface area contributed by atoms with Crippen molar-refractivity contribution in [1.82, 2.24) is 10.3 Å². The Bertz CT molecular complexity index is 907. The number of hydrogen-bond donors (Lipinski definition) is 3. The molecule has 1 aromatic heterocycles. The molecule has 3 rings (SSSR count). The molecule has 9 heteroatoms. The SMILES string of the molecule is COc1ccc(C(NC(=O)c2ccc(S(N)(=O)=O)cc2)C2CC(O)C2)cn1. The highest BCUT2D eigenvalue weighted by atomic mass is 32.2. The lowest BCUT2D eigenvalue weighted by atomic mass is 9.75. The fourth-order valence-electron chi connectivity index (χ4n) is 3.09. The number of pyridine rings is 1. The minimum atomic E-state index is -3.81. The van der Waals surface area contributed by atoms with Crippen LogP contribution in [-0.4, -0.2) is 37.6 Å². The number of amides is 1. The molecule has 1 heterocycles. The van der Waals surface area contributed by atoms with E-state index in [2.05, 4.69) is 10.3 Å². The third-order valence-electron chi connectivity index (χ3n) is 4.68. The number of carbonyl (C=O) groups excluding carboxylic acids is 1. The standard InChI is InChI=1S/C18H21N3O5S/c1-26-16-7-4-12(10-20-16)17(13-8-14(22)9-13)21-18(23)11-2-5-15(6-3-11)27(19,24)25/h2-7,10,13-14,17,22H,8-9H2,1H3,(H,21,23)(H2,19,24,25). The van der Waals surface area contributed by atoms with Crippen molar-refractivity contribution in [3.8, 4) is 5.88 Å². The van der Waals surface area contributed by atoms with Gasteiger partial charge in [-0.25, -0.2) is 18.5 Å². The Morgan fingerprint density at radius 3 is 2.41 bits per heavy atom. The van der Waals surface area contributed by atoms with E-state index < -0.39 is 10.0 Å². The van der Waals surface area contributed by atoms with Gasteiger partial charge < -0.3 is 15.2 Å². The number of rotatable bonds is 6. The second-order valence-electron chi connectivity index (χ2n) is 6.54. The normalized spacial score (nSPS) is 20.4. The van der Waals surface area contributed by atoms with Crippen LogP contribution in [0.25, 0.3) is 0 Å². The van der Waals surface area contributed by atoms with Crippen LogP contribution in [0, 0.1) is 5.92 Å². The van der Waals surface area contributed by atoms with Crippen molar-refractivity contribution in [1.29, 1.82) is 0 Å². The molecular formula is C18H21N3O5S. The van der Waals surface area contributed by atoms with Crippen LogP contribution >= 0.6 is 0 Å². The van der Waals surface area contributed by atoms with Crippen LogP contribution in [0.2, 0.25) is 0 Å². The van der Waals surface area contributed by atoms with Crippen molar-refractivity contribution < 1.29 is 23.1 Å². The smallest absolute Gasteiger partial charge is 0.251 e. The molecule has 144 valence electrons. The molecule has 1 amide bonds. The number of primary sulfonamides is 1. The van der Waals surface area contributed by atoms with E-state index in [1.54, 1.807) is 12.3 Å². The van der Waals surface area contributed by atoms with E-state index in [-0.39, 0.29) is 28.9 Å². The largest absolute Gasteiger partial charge is 0.481 e. The molecule has 1 aromatic carbocycles. The van der Waals surface area contributed by atoms with Crippen molar-refractivity contribution in [3.63, 3.8) is 0 Å². The van der Waals surface area contributed by atoms with Gasteiger partial charge in [-0.1, -0.05) is 6.07 Å². The molecule has 8 nitrogen and oxygen atoms in total. The van der Waals surface area contributed by atoms with Gasteiger partial charge in [-0.05, 0) is 48.6 Å². The zero-order valence-corrected chi connectivity index (χ0v) is 15.5. The van der Waals surface area contributed by atoms with Gasteiger partial charge >= 0.3 is 0 Å². The summed E-state index contributed by atoms with van der Waals surface area (Å²) in [5.74, 6) is 0.206. The summed E-state index contributed by atoms with van der Waals surface area (Å²) in [4.78, 5) is 16.8. The number of carbonyl (C=O) groups is 1. The summed E-state index contributed by atoms with van der Waals surface area (Å²) < 4.78 is 27.7. The van der Waals surface area contributed by atoms with Gasteiger partial charge in [0.1, 0.15) is 0 Å². The molecule has 0 radical (unpaired) electrons. The number of nitrogens with zero attached hydrogens (tertiary/aromatic N) is 1. The molecule has 27 heavy (non-hydrogen) atoms. The number of methoxy groups -OCH3 is 1. The number of ether oxygens (including phenoxy) is 1. The quantitative estimate of drug-likeness (QED) is 0.673. The Hall–Kier alpha value is -2.49. The van der Waals surface area contributed by atoms with E-state index in [0.29, 0.717) is 24.3 Å². The van der Waals surface area contributed by atoms with E-state index in [4.69, 9.17) is 9.88 Å². The summed E-state index contributed by atoms with van der Waals surface area (Å²) in [5.41, 5.74) is 1.12. The van der Waals surface area contributed by atoms with Crippen LogP contribution in [0.1, 0.15) is 34.8 Å².